The number of rotatable bonds is 1. The molecule has 0 aliphatic carbocycles. The van der Waals surface area contributed by atoms with Gasteiger partial charge in [-0.05, 0) is 11.5 Å². The molecule has 0 atom stereocenters. The molecular weight excluding hydrogens is 264 g/mol. The summed E-state index contributed by atoms with van der Waals surface area (Å²) in [5.41, 5.74) is 0. The van der Waals surface area contributed by atoms with Crippen LogP contribution < -0.4 is 0 Å². The van der Waals surface area contributed by atoms with Crippen LogP contribution in [0.25, 0.3) is 20.2 Å². The highest BCUT2D eigenvalue weighted by molar-refractivity contribution is 7.87. The van der Waals surface area contributed by atoms with Crippen molar-refractivity contribution >= 4 is 51.0 Å². The van der Waals surface area contributed by atoms with Crippen molar-refractivity contribution in [2.24, 2.45) is 0 Å². The SMILES string of the molecule is O=S(=O)(O)c1c2ccccc2cc2ssc12. The second kappa shape index (κ2) is 3.27. The van der Waals surface area contributed by atoms with Crippen LogP contribution in [0.5, 0.6) is 0 Å². The molecule has 3 rings (SSSR count). The van der Waals surface area contributed by atoms with Crippen molar-refractivity contribution in [1.82, 2.24) is 0 Å². The number of fused-ring (bicyclic) bond motifs is 2. The Hall–Kier alpha value is -0.950. The van der Waals surface area contributed by atoms with E-state index in [2.05, 4.69) is 0 Å². The summed E-state index contributed by atoms with van der Waals surface area (Å²) in [6.45, 7) is 0. The molecule has 3 aromatic rings. The minimum Gasteiger partial charge on any atom is -0.282 e. The smallest absolute Gasteiger partial charge is 0.282 e. The number of benzene rings is 2. The Balaban J connectivity index is 2.62. The predicted molar refractivity (Wildman–Crippen MR) is 67.0 cm³/mol. The average Bonchev–Trinajstić information content (AvgIpc) is 2.19. The third kappa shape index (κ3) is 1.38. The van der Waals surface area contributed by atoms with Crippen LogP contribution in [0.3, 0.4) is 0 Å². The Kier molecular flexibility index (Phi) is 2.09. The lowest BCUT2D eigenvalue weighted by Gasteiger charge is -2.09. The molecule has 16 heavy (non-hydrogen) atoms. The Bertz CT molecular complexity index is 780. The summed E-state index contributed by atoms with van der Waals surface area (Å²) < 4.78 is 33.6. The van der Waals surface area contributed by atoms with E-state index in [1.165, 1.54) is 20.7 Å². The van der Waals surface area contributed by atoms with Crippen molar-refractivity contribution < 1.29 is 13.0 Å². The van der Waals surface area contributed by atoms with E-state index in [4.69, 9.17) is 0 Å². The molecule has 6 heteroatoms. The summed E-state index contributed by atoms with van der Waals surface area (Å²) in [6.07, 6.45) is 0. The first-order valence-corrected chi connectivity index (χ1v) is 8.04. The molecule has 1 aromatic heterocycles. The standard InChI is InChI=1S/C10H6O3S3/c11-16(12,13)10-7-4-2-1-3-6(7)5-8-9(10)15-14-8/h1-5H,(H,11,12,13). The normalized spacial score (nSPS) is 12.6. The summed E-state index contributed by atoms with van der Waals surface area (Å²) in [4.78, 5) is 0.0457. The fourth-order valence-corrected chi connectivity index (χ4v) is 5.16. The summed E-state index contributed by atoms with van der Waals surface area (Å²) >= 11 is 0. The van der Waals surface area contributed by atoms with Crippen molar-refractivity contribution in [1.29, 1.82) is 0 Å². The lowest BCUT2D eigenvalue weighted by molar-refractivity contribution is 0.485. The van der Waals surface area contributed by atoms with E-state index in [1.54, 1.807) is 12.1 Å². The molecule has 0 radical (unpaired) electrons. The molecule has 0 saturated carbocycles. The first-order chi connectivity index (χ1) is 7.57. The maximum absolute atomic E-state index is 11.4. The Morgan fingerprint density at radius 2 is 1.88 bits per heavy atom. The fourth-order valence-electron chi connectivity index (χ4n) is 1.72. The van der Waals surface area contributed by atoms with Gasteiger partial charge >= 0.3 is 0 Å². The Morgan fingerprint density at radius 1 is 1.12 bits per heavy atom. The monoisotopic (exact) mass is 270 g/mol. The van der Waals surface area contributed by atoms with E-state index in [0.29, 0.717) is 10.1 Å². The maximum atomic E-state index is 11.4. The quantitative estimate of drug-likeness (QED) is 0.545. The van der Waals surface area contributed by atoms with Gasteiger partial charge in [-0.15, -0.1) is 0 Å². The Morgan fingerprint density at radius 3 is 2.50 bits per heavy atom. The van der Waals surface area contributed by atoms with Gasteiger partial charge in [-0.2, -0.15) is 8.42 Å². The van der Waals surface area contributed by atoms with Crippen LogP contribution in [-0.4, -0.2) is 13.0 Å². The van der Waals surface area contributed by atoms with Crippen molar-refractivity contribution in [3.05, 3.63) is 30.3 Å². The lowest BCUT2D eigenvalue weighted by Crippen LogP contribution is -2.00. The van der Waals surface area contributed by atoms with Crippen LogP contribution in [-0.2, 0) is 10.1 Å². The van der Waals surface area contributed by atoms with Gasteiger partial charge in [0.1, 0.15) is 4.90 Å². The van der Waals surface area contributed by atoms with Gasteiger partial charge in [0.25, 0.3) is 10.1 Å². The largest absolute Gasteiger partial charge is 0.296 e. The highest BCUT2D eigenvalue weighted by Gasteiger charge is 2.20. The molecule has 1 N–H and O–H groups in total. The maximum Gasteiger partial charge on any atom is 0.296 e. The van der Waals surface area contributed by atoms with Gasteiger partial charge in [-0.25, -0.2) is 0 Å². The highest BCUT2D eigenvalue weighted by Crippen LogP contribution is 2.41. The molecule has 1 heterocycles. The zero-order valence-corrected chi connectivity index (χ0v) is 10.3. The second-order valence-electron chi connectivity index (χ2n) is 3.40. The zero-order valence-electron chi connectivity index (χ0n) is 7.88. The minimum atomic E-state index is -4.17. The molecular formula is C10H6O3S3. The van der Waals surface area contributed by atoms with Crippen LogP contribution >= 0.6 is 20.7 Å². The van der Waals surface area contributed by atoms with Crippen molar-refractivity contribution in [3.8, 4) is 0 Å². The first kappa shape index (κ1) is 10.2. The molecule has 0 aliphatic heterocycles. The van der Waals surface area contributed by atoms with E-state index >= 15 is 0 Å². The molecule has 0 saturated heterocycles. The molecule has 0 spiro atoms. The van der Waals surface area contributed by atoms with Gasteiger partial charge in [-0.1, -0.05) is 44.9 Å². The molecule has 0 unspecified atom stereocenters. The van der Waals surface area contributed by atoms with Crippen molar-refractivity contribution in [2.75, 3.05) is 0 Å². The number of hydrogen-bond donors (Lipinski definition) is 1. The van der Waals surface area contributed by atoms with Crippen LogP contribution in [0.2, 0.25) is 0 Å². The molecule has 0 fully saturated rings. The van der Waals surface area contributed by atoms with Gasteiger partial charge in [-0.3, -0.25) is 4.55 Å². The van der Waals surface area contributed by atoms with Gasteiger partial charge < -0.3 is 0 Å². The summed E-state index contributed by atoms with van der Waals surface area (Å²) in [7, 11) is -1.27. The zero-order chi connectivity index (χ0) is 11.3. The van der Waals surface area contributed by atoms with Gasteiger partial charge in [0.05, 0.1) is 9.40 Å². The molecule has 0 bridgehead atoms. The molecule has 0 amide bonds. The molecule has 0 aliphatic rings. The van der Waals surface area contributed by atoms with E-state index in [-0.39, 0.29) is 4.90 Å². The summed E-state index contributed by atoms with van der Waals surface area (Å²) in [5.74, 6) is 0. The lowest BCUT2D eigenvalue weighted by atomic mass is 10.1. The first-order valence-electron chi connectivity index (χ1n) is 4.45. The van der Waals surface area contributed by atoms with E-state index in [1.807, 2.05) is 18.2 Å². The van der Waals surface area contributed by atoms with Gasteiger partial charge in [0.15, 0.2) is 0 Å². The molecule has 3 nitrogen and oxygen atoms in total. The Labute approximate surface area is 99.1 Å². The topological polar surface area (TPSA) is 54.4 Å². The summed E-state index contributed by atoms with van der Waals surface area (Å²) in [5, 5.41) is 1.42. The summed E-state index contributed by atoms with van der Waals surface area (Å²) in [6, 6.07) is 9.11. The van der Waals surface area contributed by atoms with Crippen LogP contribution in [0.4, 0.5) is 0 Å². The minimum absolute atomic E-state index is 0.0457. The molecule has 2 aromatic carbocycles. The van der Waals surface area contributed by atoms with Crippen molar-refractivity contribution in [2.45, 2.75) is 4.90 Å². The third-order valence-corrected chi connectivity index (χ3v) is 6.06. The van der Waals surface area contributed by atoms with E-state index < -0.39 is 10.1 Å². The van der Waals surface area contributed by atoms with Crippen LogP contribution in [0.1, 0.15) is 0 Å². The molecule has 82 valence electrons. The second-order valence-corrected chi connectivity index (χ2v) is 6.94. The van der Waals surface area contributed by atoms with Gasteiger partial charge in [0.2, 0.25) is 0 Å². The predicted octanol–water partition coefficient (Wildman–Crippen LogP) is 3.36. The highest BCUT2D eigenvalue weighted by atomic mass is 32.9. The van der Waals surface area contributed by atoms with E-state index in [0.717, 1.165) is 10.1 Å². The fraction of sp³-hybridized carbons (Fsp3) is 0. The number of hydrogen-bond acceptors (Lipinski definition) is 4. The van der Waals surface area contributed by atoms with E-state index in [9.17, 15) is 13.0 Å². The van der Waals surface area contributed by atoms with Crippen LogP contribution in [0.15, 0.2) is 35.2 Å². The van der Waals surface area contributed by atoms with Gasteiger partial charge in [0, 0.05) is 5.39 Å². The third-order valence-electron chi connectivity index (χ3n) is 2.39. The van der Waals surface area contributed by atoms with Crippen LogP contribution in [0, 0.1) is 0 Å². The van der Waals surface area contributed by atoms with Crippen molar-refractivity contribution in [3.63, 3.8) is 0 Å². The average molecular weight is 270 g/mol.